The standard InChI is InChI=1S/C13H13ClFNO4/c14-9-7-8(1-3-10(9)15)2-4-12(18)16-6-5-11(17)13(19)20/h1-4,7,11,17H,5-6H2,(H,16,18)(H,19,20)/b4-2+. The van der Waals surface area contributed by atoms with Crippen LogP contribution in [0, 0.1) is 5.82 Å². The van der Waals surface area contributed by atoms with Crippen LogP contribution in [-0.4, -0.2) is 34.7 Å². The maximum absolute atomic E-state index is 12.9. The highest BCUT2D eigenvalue weighted by Gasteiger charge is 2.12. The van der Waals surface area contributed by atoms with Gasteiger partial charge in [0.1, 0.15) is 5.82 Å². The van der Waals surface area contributed by atoms with Crippen molar-refractivity contribution in [1.29, 1.82) is 0 Å². The molecule has 0 bridgehead atoms. The average Bonchev–Trinajstić information content (AvgIpc) is 2.40. The number of aliphatic carboxylic acids is 1. The molecule has 0 radical (unpaired) electrons. The highest BCUT2D eigenvalue weighted by molar-refractivity contribution is 6.30. The van der Waals surface area contributed by atoms with E-state index in [9.17, 15) is 14.0 Å². The predicted octanol–water partition coefficient (Wildman–Crippen LogP) is 1.44. The number of aliphatic hydroxyl groups is 1. The molecule has 5 nitrogen and oxygen atoms in total. The van der Waals surface area contributed by atoms with Gasteiger partial charge >= 0.3 is 5.97 Å². The number of carbonyl (C=O) groups excluding carboxylic acids is 1. The topological polar surface area (TPSA) is 86.6 Å². The molecule has 0 saturated heterocycles. The maximum Gasteiger partial charge on any atom is 0.332 e. The Balaban J connectivity index is 2.43. The summed E-state index contributed by atoms with van der Waals surface area (Å²) in [4.78, 5) is 21.7. The van der Waals surface area contributed by atoms with Crippen LogP contribution in [0.3, 0.4) is 0 Å². The van der Waals surface area contributed by atoms with Gasteiger partial charge in [0.2, 0.25) is 5.91 Å². The monoisotopic (exact) mass is 301 g/mol. The Bertz CT molecular complexity index is 533. The van der Waals surface area contributed by atoms with Gasteiger partial charge < -0.3 is 15.5 Å². The lowest BCUT2D eigenvalue weighted by molar-refractivity contribution is -0.147. The fourth-order valence-corrected chi connectivity index (χ4v) is 1.49. The number of aliphatic hydroxyl groups excluding tert-OH is 1. The molecule has 0 saturated carbocycles. The van der Waals surface area contributed by atoms with E-state index in [0.717, 1.165) is 0 Å². The van der Waals surface area contributed by atoms with E-state index < -0.39 is 23.8 Å². The van der Waals surface area contributed by atoms with E-state index in [1.807, 2.05) is 0 Å². The molecule has 0 aliphatic rings. The molecule has 0 aromatic heterocycles. The number of rotatable bonds is 6. The van der Waals surface area contributed by atoms with Crippen LogP contribution in [-0.2, 0) is 9.59 Å². The first-order chi connectivity index (χ1) is 9.40. The minimum atomic E-state index is -1.50. The van der Waals surface area contributed by atoms with Crippen LogP contribution in [0.25, 0.3) is 6.08 Å². The van der Waals surface area contributed by atoms with Crippen LogP contribution >= 0.6 is 11.6 Å². The average molecular weight is 302 g/mol. The molecule has 1 aromatic rings. The molecule has 108 valence electrons. The second kappa shape index (κ2) is 7.62. The summed E-state index contributed by atoms with van der Waals surface area (Å²) in [6, 6.07) is 4.01. The smallest absolute Gasteiger partial charge is 0.332 e. The van der Waals surface area contributed by atoms with Crippen LogP contribution in [0.4, 0.5) is 4.39 Å². The van der Waals surface area contributed by atoms with Crippen molar-refractivity contribution in [1.82, 2.24) is 5.32 Å². The normalized spacial score (nSPS) is 12.3. The Morgan fingerprint density at radius 2 is 2.15 bits per heavy atom. The molecule has 0 fully saturated rings. The van der Waals surface area contributed by atoms with E-state index in [-0.39, 0.29) is 18.0 Å². The first-order valence-electron chi connectivity index (χ1n) is 5.72. The van der Waals surface area contributed by atoms with Gasteiger partial charge in [-0.25, -0.2) is 9.18 Å². The van der Waals surface area contributed by atoms with Crippen LogP contribution in [0.1, 0.15) is 12.0 Å². The van der Waals surface area contributed by atoms with Crippen LogP contribution in [0.2, 0.25) is 5.02 Å². The van der Waals surface area contributed by atoms with E-state index in [2.05, 4.69) is 5.32 Å². The third-order valence-corrected chi connectivity index (χ3v) is 2.66. The largest absolute Gasteiger partial charge is 0.479 e. The van der Waals surface area contributed by atoms with Gasteiger partial charge in [-0.1, -0.05) is 17.7 Å². The zero-order chi connectivity index (χ0) is 15.1. The van der Waals surface area contributed by atoms with Crippen molar-refractivity contribution in [3.05, 3.63) is 40.7 Å². The van der Waals surface area contributed by atoms with Gasteiger partial charge in [0.25, 0.3) is 0 Å². The summed E-state index contributed by atoms with van der Waals surface area (Å²) in [6.07, 6.45) is 1.05. The Morgan fingerprint density at radius 3 is 2.75 bits per heavy atom. The molecule has 0 heterocycles. The molecule has 7 heteroatoms. The zero-order valence-electron chi connectivity index (χ0n) is 10.3. The molecule has 1 unspecified atom stereocenters. The predicted molar refractivity (Wildman–Crippen MR) is 71.7 cm³/mol. The summed E-state index contributed by atoms with van der Waals surface area (Å²) in [6.45, 7) is 0.0286. The van der Waals surface area contributed by atoms with Crippen LogP contribution in [0.15, 0.2) is 24.3 Å². The minimum Gasteiger partial charge on any atom is -0.479 e. The number of carboxylic acids is 1. The van der Waals surface area contributed by atoms with Gasteiger partial charge in [-0.15, -0.1) is 0 Å². The highest BCUT2D eigenvalue weighted by atomic mass is 35.5. The van der Waals surface area contributed by atoms with E-state index in [4.69, 9.17) is 21.8 Å². The molecule has 0 aliphatic carbocycles. The molecular weight excluding hydrogens is 289 g/mol. The number of benzene rings is 1. The van der Waals surface area contributed by atoms with Crippen molar-refractivity contribution in [2.24, 2.45) is 0 Å². The Labute approximate surface area is 119 Å². The van der Waals surface area contributed by atoms with Gasteiger partial charge in [-0.2, -0.15) is 0 Å². The van der Waals surface area contributed by atoms with Crippen LogP contribution in [0.5, 0.6) is 0 Å². The summed E-state index contributed by atoms with van der Waals surface area (Å²) in [5.41, 5.74) is 0.553. The SMILES string of the molecule is O=C(/C=C/c1ccc(F)c(Cl)c1)NCCC(O)C(=O)O. The molecule has 20 heavy (non-hydrogen) atoms. The van der Waals surface area contributed by atoms with Crippen molar-refractivity contribution in [2.75, 3.05) is 6.54 Å². The minimum absolute atomic E-state index is 0.0286. The number of hydrogen-bond donors (Lipinski definition) is 3. The van der Waals surface area contributed by atoms with E-state index in [0.29, 0.717) is 5.56 Å². The van der Waals surface area contributed by atoms with Gasteiger partial charge in [0, 0.05) is 19.0 Å². The van der Waals surface area contributed by atoms with Crippen LogP contribution < -0.4 is 5.32 Å². The molecule has 1 amide bonds. The number of nitrogens with one attached hydrogen (secondary N) is 1. The van der Waals surface area contributed by atoms with Gasteiger partial charge in [-0.3, -0.25) is 4.79 Å². The third-order valence-electron chi connectivity index (χ3n) is 2.37. The lowest BCUT2D eigenvalue weighted by atomic mass is 10.2. The Hall–Kier alpha value is -1.92. The lowest BCUT2D eigenvalue weighted by Gasteiger charge is -2.05. The summed E-state index contributed by atoms with van der Waals surface area (Å²) in [7, 11) is 0. The highest BCUT2D eigenvalue weighted by Crippen LogP contribution is 2.16. The van der Waals surface area contributed by atoms with Crippen molar-refractivity contribution in [3.63, 3.8) is 0 Å². The molecule has 0 spiro atoms. The number of halogens is 2. The molecule has 1 rings (SSSR count). The second-order valence-electron chi connectivity index (χ2n) is 3.94. The van der Waals surface area contributed by atoms with E-state index in [1.54, 1.807) is 0 Å². The van der Waals surface area contributed by atoms with E-state index in [1.165, 1.54) is 30.4 Å². The number of carbonyl (C=O) groups is 2. The second-order valence-corrected chi connectivity index (χ2v) is 4.35. The number of carboxylic acid groups (broad SMARTS) is 1. The fraction of sp³-hybridized carbons (Fsp3) is 0.231. The lowest BCUT2D eigenvalue weighted by Crippen LogP contribution is -2.28. The first kappa shape index (κ1) is 16.1. The van der Waals surface area contributed by atoms with Crippen molar-refractivity contribution in [3.8, 4) is 0 Å². The quantitative estimate of drug-likeness (QED) is 0.694. The summed E-state index contributed by atoms with van der Waals surface area (Å²) in [5.74, 6) is -2.34. The van der Waals surface area contributed by atoms with E-state index >= 15 is 0 Å². The Kier molecular flexibility index (Phi) is 6.14. The Morgan fingerprint density at radius 1 is 1.45 bits per heavy atom. The molecular formula is C13H13ClFNO4. The number of amides is 1. The van der Waals surface area contributed by atoms with Gasteiger partial charge in [0.15, 0.2) is 6.10 Å². The summed E-state index contributed by atoms with van der Waals surface area (Å²) in [5, 5.41) is 19.8. The van der Waals surface area contributed by atoms with Gasteiger partial charge in [-0.05, 0) is 23.8 Å². The van der Waals surface area contributed by atoms with Crippen molar-refractivity contribution >= 4 is 29.6 Å². The van der Waals surface area contributed by atoms with Gasteiger partial charge in [0.05, 0.1) is 5.02 Å². The summed E-state index contributed by atoms with van der Waals surface area (Å²) < 4.78 is 12.9. The summed E-state index contributed by atoms with van der Waals surface area (Å²) >= 11 is 5.58. The fourth-order valence-electron chi connectivity index (χ4n) is 1.30. The molecule has 1 aromatic carbocycles. The van der Waals surface area contributed by atoms with Crippen molar-refractivity contribution in [2.45, 2.75) is 12.5 Å². The molecule has 3 N–H and O–H groups in total. The van der Waals surface area contributed by atoms with Crippen molar-refractivity contribution < 1.29 is 24.2 Å². The molecule has 0 aliphatic heterocycles. The zero-order valence-corrected chi connectivity index (χ0v) is 11.1. The molecule has 1 atom stereocenters. The number of hydrogen-bond acceptors (Lipinski definition) is 3. The first-order valence-corrected chi connectivity index (χ1v) is 6.10. The third kappa shape index (κ3) is 5.38. The maximum atomic E-state index is 12.9.